The highest BCUT2D eigenvalue weighted by atomic mass is 16.5. The Morgan fingerprint density at radius 3 is 2.42 bits per heavy atom. The van der Waals surface area contributed by atoms with Gasteiger partial charge in [-0.05, 0) is 50.5 Å². The van der Waals surface area contributed by atoms with Gasteiger partial charge in [-0.25, -0.2) is 0 Å². The lowest BCUT2D eigenvalue weighted by molar-refractivity contribution is 0.0732. The summed E-state index contributed by atoms with van der Waals surface area (Å²) in [5, 5.41) is 6.95. The predicted octanol–water partition coefficient (Wildman–Crippen LogP) is 3.22. The van der Waals surface area contributed by atoms with Crippen LogP contribution in [0.15, 0.2) is 23.2 Å². The normalized spacial score (nSPS) is 16.6. The van der Waals surface area contributed by atoms with Crippen molar-refractivity contribution < 1.29 is 4.74 Å². The van der Waals surface area contributed by atoms with Gasteiger partial charge < -0.3 is 15.4 Å². The quantitative estimate of drug-likeness (QED) is 0.568. The molecule has 0 aliphatic heterocycles. The molecule has 4 nitrogen and oxygen atoms in total. The van der Waals surface area contributed by atoms with Gasteiger partial charge in [0.2, 0.25) is 0 Å². The summed E-state index contributed by atoms with van der Waals surface area (Å²) in [4.78, 5) is 4.36. The first kappa shape index (κ1) is 18.8. The van der Waals surface area contributed by atoms with Gasteiger partial charge in [0.1, 0.15) is 0 Å². The molecule has 0 spiro atoms. The molecule has 0 unspecified atom stereocenters. The van der Waals surface area contributed by atoms with E-state index in [1.54, 1.807) is 7.11 Å². The molecule has 0 heterocycles. The zero-order valence-corrected chi connectivity index (χ0v) is 15.7. The topological polar surface area (TPSA) is 45.7 Å². The Balaban J connectivity index is 1.76. The standard InChI is InChI=1S/C20H33N3O/c1-16-12-17(2)14-18(13-16)6-10-22-19(21-3)23-15-20(7-5-8-20)9-11-24-4/h12-14H,5-11,15H2,1-4H3,(H2,21,22,23). The Kier molecular flexibility index (Phi) is 7.10. The van der Waals surface area contributed by atoms with E-state index in [0.717, 1.165) is 38.5 Å². The van der Waals surface area contributed by atoms with Crippen molar-refractivity contribution in [1.29, 1.82) is 0 Å². The number of ether oxygens (including phenoxy) is 1. The largest absolute Gasteiger partial charge is 0.385 e. The monoisotopic (exact) mass is 331 g/mol. The van der Waals surface area contributed by atoms with Gasteiger partial charge in [-0.3, -0.25) is 4.99 Å². The molecule has 2 N–H and O–H groups in total. The third-order valence-electron chi connectivity index (χ3n) is 5.09. The minimum atomic E-state index is 0.404. The van der Waals surface area contributed by atoms with Crippen LogP contribution in [0.5, 0.6) is 0 Å². The van der Waals surface area contributed by atoms with Crippen molar-refractivity contribution in [2.45, 2.75) is 46.0 Å². The van der Waals surface area contributed by atoms with Crippen LogP contribution in [0, 0.1) is 19.3 Å². The highest BCUT2D eigenvalue weighted by Gasteiger charge is 2.36. The first-order chi connectivity index (χ1) is 11.6. The van der Waals surface area contributed by atoms with Crippen molar-refractivity contribution in [3.63, 3.8) is 0 Å². The molecule has 1 aliphatic carbocycles. The Bertz CT molecular complexity index is 530. The van der Waals surface area contributed by atoms with Crippen molar-refractivity contribution in [3.8, 4) is 0 Å². The summed E-state index contributed by atoms with van der Waals surface area (Å²) in [5.41, 5.74) is 4.45. The van der Waals surface area contributed by atoms with E-state index in [4.69, 9.17) is 4.74 Å². The van der Waals surface area contributed by atoms with Crippen molar-refractivity contribution in [3.05, 3.63) is 34.9 Å². The molecule has 0 saturated heterocycles. The van der Waals surface area contributed by atoms with Crippen molar-refractivity contribution >= 4 is 5.96 Å². The maximum atomic E-state index is 5.27. The van der Waals surface area contributed by atoms with E-state index in [-0.39, 0.29) is 0 Å². The summed E-state index contributed by atoms with van der Waals surface area (Å²) in [6, 6.07) is 6.74. The van der Waals surface area contributed by atoms with Crippen LogP contribution in [0.1, 0.15) is 42.4 Å². The third kappa shape index (κ3) is 5.52. The van der Waals surface area contributed by atoms with E-state index in [1.807, 2.05) is 7.05 Å². The van der Waals surface area contributed by atoms with Gasteiger partial charge in [0.05, 0.1) is 0 Å². The molecular formula is C20H33N3O. The molecule has 1 fully saturated rings. The fourth-order valence-corrected chi connectivity index (χ4v) is 3.54. The number of rotatable bonds is 8. The van der Waals surface area contributed by atoms with E-state index in [0.29, 0.717) is 5.41 Å². The number of aliphatic imine (C=N–C) groups is 1. The lowest BCUT2D eigenvalue weighted by atomic mass is 9.67. The van der Waals surface area contributed by atoms with Gasteiger partial charge in [0.15, 0.2) is 5.96 Å². The van der Waals surface area contributed by atoms with Crippen LogP contribution in [0.4, 0.5) is 0 Å². The smallest absolute Gasteiger partial charge is 0.191 e. The van der Waals surface area contributed by atoms with Crippen LogP contribution in [0.3, 0.4) is 0 Å². The number of nitrogens with one attached hydrogen (secondary N) is 2. The first-order valence-electron chi connectivity index (χ1n) is 9.07. The molecule has 4 heteroatoms. The Morgan fingerprint density at radius 2 is 1.88 bits per heavy atom. The SMILES string of the molecule is CN=C(NCCc1cc(C)cc(C)c1)NCC1(CCOC)CCC1. The lowest BCUT2D eigenvalue weighted by Gasteiger charge is -2.42. The van der Waals surface area contributed by atoms with E-state index in [9.17, 15) is 0 Å². The summed E-state index contributed by atoms with van der Waals surface area (Å²) in [6.07, 6.45) is 6.07. The third-order valence-corrected chi connectivity index (χ3v) is 5.09. The van der Waals surface area contributed by atoms with Gasteiger partial charge in [0, 0.05) is 33.9 Å². The van der Waals surface area contributed by atoms with Crippen LogP contribution in [-0.2, 0) is 11.2 Å². The second-order valence-corrected chi connectivity index (χ2v) is 7.19. The van der Waals surface area contributed by atoms with Crippen LogP contribution in [-0.4, -0.2) is 39.8 Å². The van der Waals surface area contributed by atoms with Crippen molar-refractivity contribution in [1.82, 2.24) is 10.6 Å². The number of methoxy groups -OCH3 is 1. The fraction of sp³-hybridized carbons (Fsp3) is 0.650. The molecule has 134 valence electrons. The first-order valence-corrected chi connectivity index (χ1v) is 9.07. The fourth-order valence-electron chi connectivity index (χ4n) is 3.54. The minimum absolute atomic E-state index is 0.404. The minimum Gasteiger partial charge on any atom is -0.385 e. The van der Waals surface area contributed by atoms with Gasteiger partial charge in [-0.1, -0.05) is 35.7 Å². The van der Waals surface area contributed by atoms with E-state index in [2.05, 4.69) is 47.7 Å². The van der Waals surface area contributed by atoms with Crippen LogP contribution in [0.2, 0.25) is 0 Å². The average Bonchev–Trinajstić information content (AvgIpc) is 2.50. The Labute approximate surface area is 147 Å². The number of hydrogen-bond acceptors (Lipinski definition) is 2. The number of benzene rings is 1. The molecule has 1 aliphatic rings. The highest BCUT2D eigenvalue weighted by molar-refractivity contribution is 5.79. The molecule has 0 radical (unpaired) electrons. The molecule has 0 bridgehead atoms. The maximum Gasteiger partial charge on any atom is 0.191 e. The molecule has 0 atom stereocenters. The summed E-state index contributed by atoms with van der Waals surface area (Å²) >= 11 is 0. The number of nitrogens with zero attached hydrogens (tertiary/aromatic N) is 1. The van der Waals surface area contributed by atoms with Gasteiger partial charge in [0.25, 0.3) is 0 Å². The van der Waals surface area contributed by atoms with Gasteiger partial charge in [-0.15, -0.1) is 0 Å². The summed E-state index contributed by atoms with van der Waals surface area (Å²) < 4.78 is 5.27. The summed E-state index contributed by atoms with van der Waals surface area (Å²) in [5.74, 6) is 0.906. The van der Waals surface area contributed by atoms with Crippen molar-refractivity contribution in [2.24, 2.45) is 10.4 Å². The Morgan fingerprint density at radius 1 is 1.17 bits per heavy atom. The van der Waals surface area contributed by atoms with Crippen LogP contribution in [0.25, 0.3) is 0 Å². The number of aryl methyl sites for hydroxylation is 2. The van der Waals surface area contributed by atoms with Crippen LogP contribution >= 0.6 is 0 Å². The molecule has 1 aromatic carbocycles. The number of guanidine groups is 1. The highest BCUT2D eigenvalue weighted by Crippen LogP contribution is 2.43. The summed E-state index contributed by atoms with van der Waals surface area (Å²) in [6.45, 7) is 7.04. The van der Waals surface area contributed by atoms with Crippen molar-refractivity contribution in [2.75, 3.05) is 33.9 Å². The molecule has 24 heavy (non-hydrogen) atoms. The molecule has 2 rings (SSSR count). The van der Waals surface area contributed by atoms with Gasteiger partial charge in [-0.2, -0.15) is 0 Å². The summed E-state index contributed by atoms with van der Waals surface area (Å²) in [7, 11) is 3.63. The zero-order chi connectivity index (χ0) is 17.4. The van der Waals surface area contributed by atoms with E-state index < -0.39 is 0 Å². The Hall–Kier alpha value is -1.55. The molecule has 1 saturated carbocycles. The van der Waals surface area contributed by atoms with Crippen LogP contribution < -0.4 is 10.6 Å². The second kappa shape index (κ2) is 9.07. The zero-order valence-electron chi connectivity index (χ0n) is 15.7. The lowest BCUT2D eigenvalue weighted by Crippen LogP contribution is -2.47. The van der Waals surface area contributed by atoms with E-state index >= 15 is 0 Å². The van der Waals surface area contributed by atoms with Gasteiger partial charge >= 0.3 is 0 Å². The van der Waals surface area contributed by atoms with E-state index in [1.165, 1.54) is 36.0 Å². The molecule has 0 amide bonds. The maximum absolute atomic E-state index is 5.27. The predicted molar refractivity (Wildman–Crippen MR) is 102 cm³/mol. The molecule has 0 aromatic heterocycles. The molecular weight excluding hydrogens is 298 g/mol. The molecule has 1 aromatic rings. The number of hydrogen-bond donors (Lipinski definition) is 2. The average molecular weight is 332 g/mol. The second-order valence-electron chi connectivity index (χ2n) is 7.19.